The van der Waals surface area contributed by atoms with Crippen molar-refractivity contribution < 1.29 is 9.53 Å². The number of hydrogen-bond acceptors (Lipinski definition) is 5. The van der Waals surface area contributed by atoms with E-state index in [9.17, 15) is 4.79 Å². The summed E-state index contributed by atoms with van der Waals surface area (Å²) in [6.07, 6.45) is 4.38. The largest absolute Gasteiger partial charge is 0.383 e. The number of anilines is 1. The van der Waals surface area contributed by atoms with Crippen molar-refractivity contribution in [2.75, 3.05) is 25.5 Å². The van der Waals surface area contributed by atoms with Crippen LogP contribution in [-0.4, -0.2) is 35.6 Å². The van der Waals surface area contributed by atoms with Gasteiger partial charge in [-0.05, 0) is 67.5 Å². The van der Waals surface area contributed by atoms with E-state index >= 15 is 0 Å². The fourth-order valence-electron chi connectivity index (χ4n) is 4.13. The minimum Gasteiger partial charge on any atom is -0.383 e. The summed E-state index contributed by atoms with van der Waals surface area (Å²) in [6, 6.07) is 12.1. The fourth-order valence-corrected chi connectivity index (χ4v) is 4.13. The molecule has 1 aromatic carbocycles. The van der Waals surface area contributed by atoms with Gasteiger partial charge >= 0.3 is 0 Å². The molecule has 6 heteroatoms. The van der Waals surface area contributed by atoms with Crippen LogP contribution in [0.15, 0.2) is 42.6 Å². The predicted molar refractivity (Wildman–Crippen MR) is 124 cm³/mol. The van der Waals surface area contributed by atoms with Crippen molar-refractivity contribution in [1.82, 2.24) is 15.3 Å². The second kappa shape index (κ2) is 9.43. The normalized spacial score (nSPS) is 15.7. The number of rotatable bonds is 6. The molecular weight excluding hydrogens is 388 g/mol. The standard InChI is InChI=1S/C25H30N4O2/c1-16-4-3-9-27-23(16)19-5-6-22-20(13-19)14-21(24(26)29-22)12-17(2)25(30)28-15-18-7-10-31-11-8-18/h3-6,9,13-14,17-18H,7-8,10-12,15H2,1-2H3,(H2,26,29)(H,28,30). The third kappa shape index (κ3) is 5.02. The van der Waals surface area contributed by atoms with Crippen molar-refractivity contribution in [3.8, 4) is 11.3 Å². The molecule has 3 heterocycles. The van der Waals surface area contributed by atoms with Crippen LogP contribution in [0.3, 0.4) is 0 Å². The van der Waals surface area contributed by atoms with E-state index in [0.29, 0.717) is 24.7 Å². The highest BCUT2D eigenvalue weighted by molar-refractivity contribution is 5.86. The maximum atomic E-state index is 12.6. The summed E-state index contributed by atoms with van der Waals surface area (Å²) in [5, 5.41) is 4.10. The fraction of sp³-hybridized carbons (Fsp3) is 0.400. The first kappa shape index (κ1) is 21.2. The Morgan fingerprint density at radius 2 is 2.06 bits per heavy atom. The Balaban J connectivity index is 1.49. The predicted octanol–water partition coefficient (Wildman–Crippen LogP) is 3.91. The number of aryl methyl sites for hydroxylation is 1. The number of nitrogens with two attached hydrogens (primary N) is 1. The number of nitrogens with one attached hydrogen (secondary N) is 1. The van der Waals surface area contributed by atoms with Crippen molar-refractivity contribution in [1.29, 1.82) is 0 Å². The van der Waals surface area contributed by atoms with Gasteiger partial charge in [0.1, 0.15) is 5.82 Å². The number of nitrogens with zero attached hydrogens (tertiary/aromatic N) is 2. The zero-order chi connectivity index (χ0) is 21.8. The summed E-state index contributed by atoms with van der Waals surface area (Å²) < 4.78 is 5.39. The molecule has 31 heavy (non-hydrogen) atoms. The number of nitrogen functional groups attached to an aromatic ring is 1. The average Bonchev–Trinajstić information content (AvgIpc) is 2.78. The summed E-state index contributed by atoms with van der Waals surface area (Å²) in [5.41, 5.74) is 11.1. The third-order valence-electron chi connectivity index (χ3n) is 6.09. The van der Waals surface area contributed by atoms with Gasteiger partial charge in [0.15, 0.2) is 0 Å². The molecule has 0 radical (unpaired) electrons. The number of ether oxygens (including phenoxy) is 1. The van der Waals surface area contributed by atoms with Gasteiger partial charge in [0.05, 0.1) is 11.2 Å². The summed E-state index contributed by atoms with van der Waals surface area (Å²) in [6.45, 7) is 6.28. The van der Waals surface area contributed by atoms with E-state index < -0.39 is 0 Å². The monoisotopic (exact) mass is 418 g/mol. The molecule has 1 aliphatic rings. The van der Waals surface area contributed by atoms with E-state index in [0.717, 1.165) is 59.3 Å². The van der Waals surface area contributed by atoms with Crippen molar-refractivity contribution in [3.63, 3.8) is 0 Å². The molecule has 3 aromatic rings. The number of amides is 1. The van der Waals surface area contributed by atoms with Crippen LogP contribution in [-0.2, 0) is 16.0 Å². The first-order valence-corrected chi connectivity index (χ1v) is 11.0. The van der Waals surface area contributed by atoms with Gasteiger partial charge in [-0.25, -0.2) is 4.98 Å². The molecule has 162 valence electrons. The number of aromatic nitrogens is 2. The van der Waals surface area contributed by atoms with E-state index in [-0.39, 0.29) is 11.8 Å². The minimum absolute atomic E-state index is 0.0591. The van der Waals surface area contributed by atoms with Gasteiger partial charge in [0, 0.05) is 42.8 Å². The van der Waals surface area contributed by atoms with E-state index in [1.165, 1.54) is 0 Å². The molecule has 0 aliphatic carbocycles. The van der Waals surface area contributed by atoms with Gasteiger partial charge in [0.2, 0.25) is 5.91 Å². The second-order valence-corrected chi connectivity index (χ2v) is 8.52. The molecule has 1 saturated heterocycles. The number of benzene rings is 1. The van der Waals surface area contributed by atoms with E-state index in [2.05, 4.69) is 40.4 Å². The molecular formula is C25H30N4O2. The molecule has 6 nitrogen and oxygen atoms in total. The van der Waals surface area contributed by atoms with Crippen LogP contribution in [0.1, 0.15) is 30.9 Å². The Kier molecular flexibility index (Phi) is 6.47. The van der Waals surface area contributed by atoms with E-state index in [1.807, 2.05) is 25.1 Å². The highest BCUT2D eigenvalue weighted by Crippen LogP contribution is 2.27. The van der Waals surface area contributed by atoms with Gasteiger partial charge in [0.25, 0.3) is 0 Å². The summed E-state index contributed by atoms with van der Waals surface area (Å²) in [7, 11) is 0. The Morgan fingerprint density at radius 3 is 2.84 bits per heavy atom. The molecule has 4 rings (SSSR count). The zero-order valence-electron chi connectivity index (χ0n) is 18.2. The van der Waals surface area contributed by atoms with Crippen LogP contribution >= 0.6 is 0 Å². The van der Waals surface area contributed by atoms with Gasteiger partial charge in [-0.1, -0.05) is 19.1 Å². The zero-order valence-corrected chi connectivity index (χ0v) is 18.2. The molecule has 2 aromatic heterocycles. The minimum atomic E-state index is -0.178. The number of hydrogen-bond donors (Lipinski definition) is 2. The number of pyridine rings is 2. The van der Waals surface area contributed by atoms with Crippen LogP contribution in [0.4, 0.5) is 5.82 Å². The van der Waals surface area contributed by atoms with Gasteiger partial charge < -0.3 is 15.8 Å². The Morgan fingerprint density at radius 1 is 1.26 bits per heavy atom. The molecule has 3 N–H and O–H groups in total. The topological polar surface area (TPSA) is 90.1 Å². The van der Waals surface area contributed by atoms with E-state index in [4.69, 9.17) is 10.5 Å². The quantitative estimate of drug-likeness (QED) is 0.633. The van der Waals surface area contributed by atoms with Crippen LogP contribution in [0.25, 0.3) is 22.2 Å². The van der Waals surface area contributed by atoms with Gasteiger partial charge in [-0.2, -0.15) is 0 Å². The Bertz CT molecular complexity index is 1080. The molecule has 1 fully saturated rings. The molecule has 0 saturated carbocycles. The van der Waals surface area contributed by atoms with E-state index in [1.54, 1.807) is 6.20 Å². The van der Waals surface area contributed by atoms with Gasteiger partial charge in [-0.15, -0.1) is 0 Å². The highest BCUT2D eigenvalue weighted by atomic mass is 16.5. The van der Waals surface area contributed by atoms with Crippen LogP contribution in [0, 0.1) is 18.8 Å². The molecule has 1 aliphatic heterocycles. The van der Waals surface area contributed by atoms with Gasteiger partial charge in [-0.3, -0.25) is 9.78 Å². The first-order chi connectivity index (χ1) is 15.0. The molecule has 1 amide bonds. The first-order valence-electron chi connectivity index (χ1n) is 11.0. The summed E-state index contributed by atoms with van der Waals surface area (Å²) >= 11 is 0. The SMILES string of the molecule is Cc1cccnc1-c1ccc2nc(N)c(CC(C)C(=O)NCC3CCOCC3)cc2c1. The van der Waals surface area contributed by atoms with Crippen molar-refractivity contribution in [2.24, 2.45) is 11.8 Å². The highest BCUT2D eigenvalue weighted by Gasteiger charge is 2.19. The number of fused-ring (bicyclic) bond motifs is 1. The number of carbonyl (C=O) groups is 1. The molecule has 0 bridgehead atoms. The summed E-state index contributed by atoms with van der Waals surface area (Å²) in [5.74, 6) is 0.871. The lowest BCUT2D eigenvalue weighted by molar-refractivity contribution is -0.124. The smallest absolute Gasteiger partial charge is 0.223 e. The lowest BCUT2D eigenvalue weighted by Crippen LogP contribution is -2.36. The Labute approximate surface area is 183 Å². The van der Waals surface area contributed by atoms with Crippen LogP contribution in [0.5, 0.6) is 0 Å². The molecule has 1 unspecified atom stereocenters. The number of carbonyl (C=O) groups excluding carboxylic acids is 1. The maximum absolute atomic E-state index is 12.6. The average molecular weight is 419 g/mol. The Hall–Kier alpha value is -2.99. The van der Waals surface area contributed by atoms with Crippen molar-refractivity contribution in [2.45, 2.75) is 33.1 Å². The van der Waals surface area contributed by atoms with Crippen molar-refractivity contribution in [3.05, 3.63) is 53.7 Å². The molecule has 1 atom stereocenters. The van der Waals surface area contributed by atoms with Crippen molar-refractivity contribution >= 4 is 22.6 Å². The summed E-state index contributed by atoms with van der Waals surface area (Å²) in [4.78, 5) is 21.7. The lowest BCUT2D eigenvalue weighted by atomic mass is 9.97. The van der Waals surface area contributed by atoms with Crippen LogP contribution < -0.4 is 11.1 Å². The second-order valence-electron chi connectivity index (χ2n) is 8.52. The lowest BCUT2D eigenvalue weighted by Gasteiger charge is -2.23. The molecule has 0 spiro atoms. The third-order valence-corrected chi connectivity index (χ3v) is 6.09. The maximum Gasteiger partial charge on any atom is 0.223 e. The van der Waals surface area contributed by atoms with Crippen LogP contribution in [0.2, 0.25) is 0 Å².